The Hall–Kier alpha value is -1.39. The zero-order valence-corrected chi connectivity index (χ0v) is 13.9. The fraction of sp³-hybridized carbons (Fsp3) is 0.294. The molecule has 1 atom stereocenters. The van der Waals surface area contributed by atoms with Gasteiger partial charge in [0.05, 0.1) is 12.1 Å². The van der Waals surface area contributed by atoms with Gasteiger partial charge in [0.15, 0.2) is 0 Å². The maximum Gasteiger partial charge on any atom is 0.124 e. The van der Waals surface area contributed by atoms with E-state index in [1.54, 1.807) is 6.07 Å². The third-order valence-electron chi connectivity index (χ3n) is 3.15. The largest absolute Gasteiger partial charge is 0.491 e. The van der Waals surface area contributed by atoms with E-state index in [1.807, 2.05) is 45.2 Å². The Morgan fingerprint density at radius 3 is 2.48 bits per heavy atom. The summed E-state index contributed by atoms with van der Waals surface area (Å²) in [4.78, 5) is 0. The van der Waals surface area contributed by atoms with Gasteiger partial charge >= 0.3 is 0 Å². The first kappa shape index (κ1) is 16.0. The van der Waals surface area contributed by atoms with Crippen LogP contribution >= 0.6 is 15.9 Å². The number of para-hydroxylation sites is 1. The van der Waals surface area contributed by atoms with Gasteiger partial charge in [0.1, 0.15) is 11.6 Å². The molecule has 0 aliphatic rings. The molecular weight excluding hydrogens is 333 g/mol. The second kappa shape index (κ2) is 7.05. The van der Waals surface area contributed by atoms with Crippen molar-refractivity contribution in [2.24, 2.45) is 0 Å². The van der Waals surface area contributed by atoms with E-state index in [0.29, 0.717) is 0 Å². The van der Waals surface area contributed by atoms with Gasteiger partial charge in [-0.1, -0.05) is 34.1 Å². The Morgan fingerprint density at radius 2 is 1.81 bits per heavy atom. The van der Waals surface area contributed by atoms with Crippen molar-refractivity contribution < 1.29 is 9.13 Å². The van der Waals surface area contributed by atoms with Gasteiger partial charge < -0.3 is 10.1 Å². The normalized spacial score (nSPS) is 12.5. The number of benzene rings is 2. The maximum atomic E-state index is 13.6. The quantitative estimate of drug-likeness (QED) is 0.843. The van der Waals surface area contributed by atoms with Gasteiger partial charge in [0.25, 0.3) is 0 Å². The average molecular weight is 352 g/mol. The lowest BCUT2D eigenvalue weighted by atomic mass is 9.98. The van der Waals surface area contributed by atoms with Crippen molar-refractivity contribution in [1.82, 2.24) is 5.32 Å². The van der Waals surface area contributed by atoms with Crippen LogP contribution in [0.2, 0.25) is 0 Å². The van der Waals surface area contributed by atoms with Crippen molar-refractivity contribution in [2.45, 2.75) is 26.0 Å². The number of nitrogens with one attached hydrogen (secondary N) is 1. The molecule has 2 nitrogen and oxygen atoms in total. The second-order valence-electron chi connectivity index (χ2n) is 5.09. The minimum Gasteiger partial charge on any atom is -0.491 e. The fourth-order valence-corrected chi connectivity index (χ4v) is 2.77. The van der Waals surface area contributed by atoms with Crippen LogP contribution in [0.1, 0.15) is 31.0 Å². The van der Waals surface area contributed by atoms with Crippen molar-refractivity contribution in [3.8, 4) is 5.75 Å². The monoisotopic (exact) mass is 351 g/mol. The summed E-state index contributed by atoms with van der Waals surface area (Å²) >= 11 is 3.50. The summed E-state index contributed by atoms with van der Waals surface area (Å²) in [7, 11) is 1.86. The third kappa shape index (κ3) is 3.83. The number of hydrogen-bond acceptors (Lipinski definition) is 2. The van der Waals surface area contributed by atoms with Crippen molar-refractivity contribution in [3.05, 3.63) is 63.9 Å². The molecule has 0 saturated carbocycles. The molecule has 4 heteroatoms. The summed E-state index contributed by atoms with van der Waals surface area (Å²) in [6, 6.07) is 12.4. The average Bonchev–Trinajstić information content (AvgIpc) is 2.44. The lowest BCUT2D eigenvalue weighted by Gasteiger charge is -2.22. The topological polar surface area (TPSA) is 21.3 Å². The summed E-state index contributed by atoms with van der Waals surface area (Å²) in [5, 5.41) is 3.24. The van der Waals surface area contributed by atoms with Gasteiger partial charge in [-0.15, -0.1) is 0 Å². The maximum absolute atomic E-state index is 13.6. The molecule has 0 aliphatic carbocycles. The number of rotatable bonds is 5. The summed E-state index contributed by atoms with van der Waals surface area (Å²) in [5.41, 5.74) is 1.83. The molecule has 1 unspecified atom stereocenters. The molecule has 0 aliphatic heterocycles. The predicted octanol–water partition coefficient (Wildman–Crippen LogP) is 4.68. The van der Waals surface area contributed by atoms with Gasteiger partial charge in [-0.25, -0.2) is 4.39 Å². The van der Waals surface area contributed by atoms with Gasteiger partial charge in [-0.3, -0.25) is 0 Å². The predicted molar refractivity (Wildman–Crippen MR) is 87.2 cm³/mol. The number of halogens is 2. The molecule has 0 aromatic heterocycles. The molecule has 21 heavy (non-hydrogen) atoms. The number of ether oxygens (including phenoxy) is 1. The lowest BCUT2D eigenvalue weighted by Crippen LogP contribution is -2.20. The SMILES string of the molecule is CNC(c1cc(F)ccc1Br)c1ccccc1OC(C)C. The van der Waals surface area contributed by atoms with Crippen LogP contribution in [0.15, 0.2) is 46.9 Å². The Bertz CT molecular complexity index is 615. The standard InChI is InChI=1S/C17H19BrFNO/c1-11(2)21-16-7-5-4-6-13(16)17(20-3)14-10-12(19)8-9-15(14)18/h4-11,17,20H,1-3H3. The van der Waals surface area contributed by atoms with Crippen LogP contribution in [0.5, 0.6) is 5.75 Å². The molecule has 2 rings (SSSR count). The van der Waals surface area contributed by atoms with Crippen molar-refractivity contribution >= 4 is 15.9 Å². The van der Waals surface area contributed by atoms with E-state index in [1.165, 1.54) is 12.1 Å². The molecule has 0 spiro atoms. The highest BCUT2D eigenvalue weighted by molar-refractivity contribution is 9.10. The first-order valence-electron chi connectivity index (χ1n) is 6.90. The number of hydrogen-bond donors (Lipinski definition) is 1. The van der Waals surface area contributed by atoms with E-state index >= 15 is 0 Å². The first-order chi connectivity index (χ1) is 10.0. The molecule has 2 aromatic carbocycles. The Balaban J connectivity index is 2.49. The van der Waals surface area contributed by atoms with Crippen LogP contribution in [-0.4, -0.2) is 13.2 Å². The molecule has 0 bridgehead atoms. The van der Waals surface area contributed by atoms with Crippen molar-refractivity contribution in [2.75, 3.05) is 7.05 Å². The highest BCUT2D eigenvalue weighted by atomic mass is 79.9. The van der Waals surface area contributed by atoms with Crippen molar-refractivity contribution in [3.63, 3.8) is 0 Å². The second-order valence-corrected chi connectivity index (χ2v) is 5.95. The summed E-state index contributed by atoms with van der Waals surface area (Å²) in [6.07, 6.45) is 0.0830. The van der Waals surface area contributed by atoms with Crippen LogP contribution in [0.3, 0.4) is 0 Å². The van der Waals surface area contributed by atoms with Crippen LogP contribution < -0.4 is 10.1 Å². The highest BCUT2D eigenvalue weighted by Gasteiger charge is 2.19. The van der Waals surface area contributed by atoms with Gasteiger partial charge in [-0.2, -0.15) is 0 Å². The minimum atomic E-state index is -0.254. The minimum absolute atomic E-state index is 0.0830. The Morgan fingerprint density at radius 1 is 1.10 bits per heavy atom. The fourth-order valence-electron chi connectivity index (χ4n) is 2.29. The molecule has 0 heterocycles. The smallest absolute Gasteiger partial charge is 0.124 e. The van der Waals surface area contributed by atoms with Crippen LogP contribution in [0.25, 0.3) is 0 Å². The van der Waals surface area contributed by atoms with E-state index in [2.05, 4.69) is 21.2 Å². The van der Waals surface area contributed by atoms with E-state index in [9.17, 15) is 4.39 Å². The Labute approximate surface area is 133 Å². The van der Waals surface area contributed by atoms with Crippen LogP contribution in [0.4, 0.5) is 4.39 Å². The van der Waals surface area contributed by atoms with E-state index in [-0.39, 0.29) is 18.0 Å². The van der Waals surface area contributed by atoms with E-state index in [0.717, 1.165) is 21.3 Å². The molecular formula is C17H19BrFNO. The zero-order chi connectivity index (χ0) is 15.4. The van der Waals surface area contributed by atoms with Gasteiger partial charge in [-0.05, 0) is 50.7 Å². The summed E-state index contributed by atoms with van der Waals surface area (Å²) in [5.74, 6) is 0.554. The van der Waals surface area contributed by atoms with E-state index in [4.69, 9.17) is 4.74 Å². The molecule has 1 N–H and O–H groups in total. The lowest BCUT2D eigenvalue weighted by molar-refractivity contribution is 0.238. The Kier molecular flexibility index (Phi) is 5.37. The van der Waals surface area contributed by atoms with E-state index < -0.39 is 0 Å². The molecule has 0 fully saturated rings. The van der Waals surface area contributed by atoms with Gasteiger partial charge in [0, 0.05) is 10.0 Å². The summed E-state index contributed by atoms with van der Waals surface area (Å²) < 4.78 is 20.3. The molecule has 0 amide bonds. The molecule has 2 aromatic rings. The van der Waals surface area contributed by atoms with Crippen LogP contribution in [0, 0.1) is 5.82 Å². The van der Waals surface area contributed by atoms with Crippen LogP contribution in [-0.2, 0) is 0 Å². The molecule has 0 radical (unpaired) electrons. The molecule has 0 saturated heterocycles. The van der Waals surface area contributed by atoms with Gasteiger partial charge in [0.2, 0.25) is 0 Å². The highest BCUT2D eigenvalue weighted by Crippen LogP contribution is 2.34. The molecule has 112 valence electrons. The summed E-state index contributed by atoms with van der Waals surface area (Å²) in [6.45, 7) is 3.98. The van der Waals surface area contributed by atoms with Crippen molar-refractivity contribution in [1.29, 1.82) is 0 Å². The first-order valence-corrected chi connectivity index (χ1v) is 7.70. The third-order valence-corrected chi connectivity index (χ3v) is 3.87. The zero-order valence-electron chi connectivity index (χ0n) is 12.4.